The minimum atomic E-state index is -0.462. The fourth-order valence-corrected chi connectivity index (χ4v) is 2.68. The number of aliphatic hydroxyl groups is 1. The molecule has 1 aliphatic rings. The van der Waals surface area contributed by atoms with Crippen LogP contribution in [0.1, 0.15) is 29.9 Å². The summed E-state index contributed by atoms with van der Waals surface area (Å²) in [5.41, 5.74) is 2.52. The Balaban J connectivity index is 2.06. The van der Waals surface area contributed by atoms with E-state index in [9.17, 15) is 9.90 Å². The van der Waals surface area contributed by atoms with E-state index in [4.69, 9.17) is 9.47 Å². The molecule has 0 radical (unpaired) electrons. The van der Waals surface area contributed by atoms with Gasteiger partial charge in [-0.3, -0.25) is 4.98 Å². The zero-order chi connectivity index (χ0) is 17.1. The van der Waals surface area contributed by atoms with E-state index >= 15 is 0 Å². The van der Waals surface area contributed by atoms with Crippen LogP contribution in [0.3, 0.4) is 0 Å². The molecule has 2 aromatic heterocycles. The summed E-state index contributed by atoms with van der Waals surface area (Å²) in [6, 6.07) is 3.81. The van der Waals surface area contributed by atoms with Crippen molar-refractivity contribution in [3.63, 3.8) is 0 Å². The van der Waals surface area contributed by atoms with Crippen LogP contribution in [0.15, 0.2) is 18.3 Å². The molecule has 3 rings (SSSR count). The molecule has 1 atom stereocenters. The van der Waals surface area contributed by atoms with E-state index in [2.05, 4.69) is 10.1 Å². The van der Waals surface area contributed by atoms with Gasteiger partial charge in [0.05, 0.1) is 26.4 Å². The molecule has 0 spiro atoms. The maximum Gasteiger partial charge on any atom is 0.345 e. The maximum absolute atomic E-state index is 12.4. The number of aromatic nitrogens is 3. The van der Waals surface area contributed by atoms with E-state index in [1.165, 1.54) is 0 Å². The van der Waals surface area contributed by atoms with Gasteiger partial charge < -0.3 is 14.6 Å². The molecule has 0 aliphatic carbocycles. The van der Waals surface area contributed by atoms with Gasteiger partial charge in [-0.2, -0.15) is 5.10 Å². The maximum atomic E-state index is 12.4. The summed E-state index contributed by atoms with van der Waals surface area (Å²) in [4.78, 5) is 16.8. The minimum Gasteiger partial charge on any atom is -0.477 e. The molecule has 0 amide bonds. The van der Waals surface area contributed by atoms with Crippen LogP contribution < -0.4 is 4.74 Å². The van der Waals surface area contributed by atoms with Crippen LogP contribution in [0, 0.1) is 5.92 Å². The summed E-state index contributed by atoms with van der Waals surface area (Å²) in [7, 11) is 0. The zero-order valence-electron chi connectivity index (χ0n) is 13.9. The van der Waals surface area contributed by atoms with Gasteiger partial charge in [0.15, 0.2) is 0 Å². The lowest BCUT2D eigenvalue weighted by molar-refractivity contribution is 0.0513. The van der Waals surface area contributed by atoms with Crippen molar-refractivity contribution < 1.29 is 19.4 Å². The van der Waals surface area contributed by atoms with Crippen molar-refractivity contribution in [3.05, 3.63) is 29.6 Å². The molecule has 2 aromatic rings. The Bertz CT molecular complexity index is 724. The number of hydrogen-bond donors (Lipinski definition) is 1. The third-order valence-electron chi connectivity index (χ3n) is 3.99. The van der Waals surface area contributed by atoms with Gasteiger partial charge >= 0.3 is 5.97 Å². The van der Waals surface area contributed by atoms with Crippen LogP contribution in [0.4, 0.5) is 0 Å². The number of carbonyl (C=O) groups excluding carboxylic acids is 1. The van der Waals surface area contributed by atoms with Crippen molar-refractivity contribution in [1.82, 2.24) is 14.8 Å². The Morgan fingerprint density at radius 1 is 1.46 bits per heavy atom. The second-order valence-electron chi connectivity index (χ2n) is 5.68. The molecule has 7 nitrogen and oxygen atoms in total. The Morgan fingerprint density at radius 3 is 2.92 bits per heavy atom. The van der Waals surface area contributed by atoms with Crippen molar-refractivity contribution in [2.75, 3.05) is 19.8 Å². The van der Waals surface area contributed by atoms with Crippen LogP contribution in [-0.2, 0) is 17.7 Å². The van der Waals surface area contributed by atoms with Crippen molar-refractivity contribution in [2.24, 2.45) is 5.92 Å². The normalized spacial score (nSPS) is 16.4. The van der Waals surface area contributed by atoms with Gasteiger partial charge in [-0.25, -0.2) is 9.48 Å². The first-order chi connectivity index (χ1) is 11.7. The van der Waals surface area contributed by atoms with E-state index < -0.39 is 5.97 Å². The Labute approximate surface area is 140 Å². The predicted molar refractivity (Wildman–Crippen MR) is 86.9 cm³/mol. The number of pyridine rings is 1. The summed E-state index contributed by atoms with van der Waals surface area (Å²) in [6.45, 7) is 4.92. The SMILES string of the molecule is CCOC(=O)c1c(-c2ccc(CC)nc2)nn2c1OCC(CO)C2. The summed E-state index contributed by atoms with van der Waals surface area (Å²) in [5, 5.41) is 13.9. The number of rotatable bonds is 5. The second-order valence-corrected chi connectivity index (χ2v) is 5.68. The summed E-state index contributed by atoms with van der Waals surface area (Å²) >= 11 is 0. The van der Waals surface area contributed by atoms with Gasteiger partial charge in [0.1, 0.15) is 11.3 Å². The third kappa shape index (κ3) is 2.99. The first kappa shape index (κ1) is 16.4. The lowest BCUT2D eigenvalue weighted by atomic mass is 10.1. The molecular weight excluding hydrogens is 310 g/mol. The molecule has 0 aromatic carbocycles. The molecule has 0 saturated carbocycles. The first-order valence-corrected chi connectivity index (χ1v) is 8.14. The standard InChI is InChI=1S/C17H21N3O4/c1-3-13-6-5-12(7-18-13)15-14(17(22)23-4-2)16-20(19-15)8-11(9-21)10-24-16/h5-7,11,21H,3-4,8-10H2,1-2H3. The number of ether oxygens (including phenoxy) is 2. The van der Waals surface area contributed by atoms with Gasteiger partial charge in [-0.1, -0.05) is 6.92 Å². The predicted octanol–water partition coefficient (Wildman–Crippen LogP) is 1.69. The molecule has 128 valence electrons. The number of esters is 1. The molecule has 0 fully saturated rings. The number of fused-ring (bicyclic) bond motifs is 1. The van der Waals surface area contributed by atoms with Crippen LogP contribution in [0.25, 0.3) is 11.3 Å². The molecule has 1 N–H and O–H groups in total. The van der Waals surface area contributed by atoms with Gasteiger partial charge in [0, 0.05) is 23.4 Å². The van der Waals surface area contributed by atoms with Crippen LogP contribution >= 0.6 is 0 Å². The molecular formula is C17H21N3O4. The van der Waals surface area contributed by atoms with Crippen molar-refractivity contribution in [1.29, 1.82) is 0 Å². The highest BCUT2D eigenvalue weighted by Gasteiger charge is 2.31. The molecule has 0 saturated heterocycles. The van der Waals surface area contributed by atoms with E-state index in [1.54, 1.807) is 17.8 Å². The van der Waals surface area contributed by atoms with Gasteiger partial charge in [-0.15, -0.1) is 0 Å². The topological polar surface area (TPSA) is 86.5 Å². The third-order valence-corrected chi connectivity index (χ3v) is 3.99. The molecule has 7 heteroatoms. The lowest BCUT2D eigenvalue weighted by Gasteiger charge is -2.22. The number of aryl methyl sites for hydroxylation is 1. The van der Waals surface area contributed by atoms with Crippen LogP contribution in [-0.4, -0.2) is 45.7 Å². The average Bonchev–Trinajstić information content (AvgIpc) is 3.00. The smallest absolute Gasteiger partial charge is 0.345 e. The molecule has 1 unspecified atom stereocenters. The van der Waals surface area contributed by atoms with Crippen molar-refractivity contribution in [2.45, 2.75) is 26.8 Å². The summed E-state index contributed by atoms with van der Waals surface area (Å²) in [6.07, 6.45) is 2.55. The van der Waals surface area contributed by atoms with Gasteiger partial charge in [0.25, 0.3) is 0 Å². The highest BCUT2D eigenvalue weighted by Crippen LogP contribution is 2.34. The number of nitrogens with zero attached hydrogens (tertiary/aromatic N) is 3. The lowest BCUT2D eigenvalue weighted by Crippen LogP contribution is -2.28. The number of aliphatic hydroxyl groups excluding tert-OH is 1. The van der Waals surface area contributed by atoms with Crippen molar-refractivity contribution >= 4 is 5.97 Å². The zero-order valence-corrected chi connectivity index (χ0v) is 13.9. The van der Waals surface area contributed by atoms with Crippen LogP contribution in [0.5, 0.6) is 5.88 Å². The molecule has 0 bridgehead atoms. The Kier molecular flexibility index (Phi) is 4.80. The second kappa shape index (κ2) is 7.00. The Hall–Kier alpha value is -2.41. The highest BCUT2D eigenvalue weighted by molar-refractivity contribution is 5.98. The first-order valence-electron chi connectivity index (χ1n) is 8.14. The molecule has 1 aliphatic heterocycles. The van der Waals surface area contributed by atoms with Crippen molar-refractivity contribution in [3.8, 4) is 17.1 Å². The fraction of sp³-hybridized carbons (Fsp3) is 0.471. The van der Waals surface area contributed by atoms with Crippen LogP contribution in [0.2, 0.25) is 0 Å². The summed E-state index contributed by atoms with van der Waals surface area (Å²) in [5.74, 6) is -0.107. The fourth-order valence-electron chi connectivity index (χ4n) is 2.68. The number of carbonyl (C=O) groups is 1. The Morgan fingerprint density at radius 2 is 2.29 bits per heavy atom. The van der Waals surface area contributed by atoms with E-state index in [1.807, 2.05) is 19.1 Å². The van der Waals surface area contributed by atoms with E-state index in [0.29, 0.717) is 30.3 Å². The van der Waals surface area contributed by atoms with Gasteiger partial charge in [-0.05, 0) is 25.5 Å². The minimum absolute atomic E-state index is 0.0100. The monoisotopic (exact) mass is 331 g/mol. The van der Waals surface area contributed by atoms with E-state index in [-0.39, 0.29) is 19.1 Å². The molecule has 24 heavy (non-hydrogen) atoms. The number of hydrogen-bond acceptors (Lipinski definition) is 6. The highest BCUT2D eigenvalue weighted by atomic mass is 16.5. The summed E-state index contributed by atoms with van der Waals surface area (Å²) < 4.78 is 12.5. The van der Waals surface area contributed by atoms with E-state index in [0.717, 1.165) is 17.7 Å². The molecule has 3 heterocycles. The average molecular weight is 331 g/mol. The quantitative estimate of drug-likeness (QED) is 0.839. The largest absolute Gasteiger partial charge is 0.477 e. The van der Waals surface area contributed by atoms with Gasteiger partial charge in [0.2, 0.25) is 5.88 Å².